The predicted octanol–water partition coefficient (Wildman–Crippen LogP) is 2.91. The second-order valence-corrected chi connectivity index (χ2v) is 8.57. The van der Waals surface area contributed by atoms with E-state index in [2.05, 4.69) is 18.8 Å². The molecule has 1 aliphatic rings. The number of hydrogen-bond acceptors (Lipinski definition) is 4. The molecule has 1 aliphatic heterocycles. The minimum Gasteiger partial charge on any atom is -0.481 e. The molecule has 2 heterocycles. The molecule has 1 saturated heterocycles. The van der Waals surface area contributed by atoms with Gasteiger partial charge >= 0.3 is 5.97 Å². The number of benzene rings is 1. The highest BCUT2D eigenvalue weighted by Gasteiger charge is 2.48. The van der Waals surface area contributed by atoms with Crippen LogP contribution in [-0.4, -0.2) is 45.3 Å². The first-order chi connectivity index (χ1) is 13.2. The van der Waals surface area contributed by atoms with Gasteiger partial charge in [-0.2, -0.15) is 0 Å². The number of aliphatic hydroxyl groups is 1. The summed E-state index contributed by atoms with van der Waals surface area (Å²) in [6.45, 7) is 7.27. The van der Waals surface area contributed by atoms with Gasteiger partial charge in [0, 0.05) is 25.2 Å². The third-order valence-corrected chi connectivity index (χ3v) is 6.01. The first kappa shape index (κ1) is 20.6. The first-order valence-electron chi connectivity index (χ1n) is 9.98. The van der Waals surface area contributed by atoms with E-state index in [4.69, 9.17) is 0 Å². The van der Waals surface area contributed by atoms with Crippen molar-refractivity contribution in [3.63, 3.8) is 0 Å². The molecule has 0 radical (unpaired) electrons. The molecule has 0 bridgehead atoms. The Labute approximate surface area is 165 Å². The van der Waals surface area contributed by atoms with Crippen molar-refractivity contribution in [2.75, 3.05) is 13.1 Å². The number of carboxylic acid groups (broad SMARTS) is 1. The van der Waals surface area contributed by atoms with Crippen molar-refractivity contribution in [3.05, 3.63) is 45.7 Å². The average molecular weight is 386 g/mol. The largest absolute Gasteiger partial charge is 0.481 e. The molecule has 0 amide bonds. The quantitative estimate of drug-likeness (QED) is 0.710. The first-order valence-corrected chi connectivity index (χ1v) is 9.98. The molecule has 28 heavy (non-hydrogen) atoms. The maximum absolute atomic E-state index is 12.6. The topological polar surface area (TPSA) is 93.6 Å². The Bertz CT molecular complexity index is 920. The molecule has 6 nitrogen and oxygen atoms in total. The fraction of sp³-hybridized carbons (Fsp3) is 0.545. The third-order valence-electron chi connectivity index (χ3n) is 6.01. The normalized spacial score (nSPS) is 23.4. The summed E-state index contributed by atoms with van der Waals surface area (Å²) < 4.78 is 0. The van der Waals surface area contributed by atoms with Crippen LogP contribution >= 0.6 is 0 Å². The van der Waals surface area contributed by atoms with E-state index in [1.54, 1.807) is 0 Å². The van der Waals surface area contributed by atoms with Gasteiger partial charge in [-0.15, -0.1) is 0 Å². The highest BCUT2D eigenvalue weighted by atomic mass is 16.4. The van der Waals surface area contributed by atoms with Crippen LogP contribution in [0.25, 0.3) is 10.9 Å². The molecule has 1 aromatic heterocycles. The number of likely N-dealkylation sites (tertiary alicyclic amines) is 1. The van der Waals surface area contributed by atoms with Crippen LogP contribution in [0.4, 0.5) is 0 Å². The zero-order valence-electron chi connectivity index (χ0n) is 16.9. The average Bonchev–Trinajstić information content (AvgIpc) is 2.63. The number of aromatic nitrogens is 1. The van der Waals surface area contributed by atoms with E-state index in [1.165, 1.54) is 0 Å². The minimum absolute atomic E-state index is 0.143. The lowest BCUT2D eigenvalue weighted by molar-refractivity contribution is -0.165. The highest BCUT2D eigenvalue weighted by Crippen LogP contribution is 2.37. The fourth-order valence-corrected chi connectivity index (χ4v) is 4.20. The Morgan fingerprint density at radius 2 is 2.14 bits per heavy atom. The monoisotopic (exact) mass is 386 g/mol. The van der Waals surface area contributed by atoms with Crippen molar-refractivity contribution in [2.24, 2.45) is 11.3 Å². The van der Waals surface area contributed by atoms with Crippen LogP contribution in [-0.2, 0) is 11.3 Å². The molecule has 0 spiro atoms. The van der Waals surface area contributed by atoms with Crippen LogP contribution in [0.2, 0.25) is 0 Å². The summed E-state index contributed by atoms with van der Waals surface area (Å²) in [5, 5.41) is 21.4. The van der Waals surface area contributed by atoms with Gasteiger partial charge in [0.25, 0.3) is 5.56 Å². The molecule has 0 aliphatic carbocycles. The smallest absolute Gasteiger partial charge is 0.313 e. The molecular formula is C22H30N2O4. The number of nitrogens with one attached hydrogen (secondary N) is 1. The molecule has 2 aromatic rings. The Kier molecular flexibility index (Phi) is 5.91. The lowest BCUT2D eigenvalue weighted by Crippen LogP contribution is -2.56. The van der Waals surface area contributed by atoms with Crippen LogP contribution in [0.5, 0.6) is 0 Å². The maximum Gasteiger partial charge on any atom is 0.313 e. The zero-order valence-corrected chi connectivity index (χ0v) is 16.9. The molecule has 3 rings (SSSR count). The number of H-pyrrole nitrogens is 1. The van der Waals surface area contributed by atoms with Crippen molar-refractivity contribution in [1.82, 2.24) is 9.88 Å². The van der Waals surface area contributed by atoms with E-state index >= 15 is 0 Å². The summed E-state index contributed by atoms with van der Waals surface area (Å²) in [6.07, 6.45) is 0.713. The number of carboxylic acids is 1. The van der Waals surface area contributed by atoms with Gasteiger partial charge in [0.2, 0.25) is 0 Å². The second kappa shape index (κ2) is 8.05. The summed E-state index contributed by atoms with van der Waals surface area (Å²) in [5.74, 6) is -0.584. The molecular weight excluding hydrogens is 356 g/mol. The van der Waals surface area contributed by atoms with Gasteiger partial charge in [0.15, 0.2) is 0 Å². The number of rotatable bonds is 6. The predicted molar refractivity (Wildman–Crippen MR) is 109 cm³/mol. The Hall–Kier alpha value is -2.18. The van der Waals surface area contributed by atoms with Gasteiger partial charge in [-0.3, -0.25) is 14.5 Å². The van der Waals surface area contributed by atoms with E-state index in [-0.39, 0.29) is 12.1 Å². The number of para-hydroxylation sites is 1. The number of aliphatic carboxylic acids is 1. The van der Waals surface area contributed by atoms with Gasteiger partial charge in [0.05, 0.1) is 11.6 Å². The zero-order chi connectivity index (χ0) is 20.5. The molecule has 3 N–H and O–H groups in total. The van der Waals surface area contributed by atoms with E-state index < -0.39 is 17.5 Å². The number of piperidine rings is 1. The molecule has 152 valence electrons. The summed E-state index contributed by atoms with van der Waals surface area (Å²) in [6, 6.07) is 7.77. The number of aliphatic hydroxyl groups excluding tert-OH is 1. The number of hydrogen-bond donors (Lipinski definition) is 3. The summed E-state index contributed by atoms with van der Waals surface area (Å²) in [4.78, 5) is 29.7. The van der Waals surface area contributed by atoms with Crippen LogP contribution in [0.1, 0.15) is 44.2 Å². The maximum atomic E-state index is 12.6. The molecule has 1 fully saturated rings. The van der Waals surface area contributed by atoms with Crippen LogP contribution in [0, 0.1) is 18.3 Å². The van der Waals surface area contributed by atoms with E-state index in [0.29, 0.717) is 37.4 Å². The van der Waals surface area contributed by atoms with E-state index in [0.717, 1.165) is 22.9 Å². The lowest BCUT2D eigenvalue weighted by Gasteiger charge is -2.43. The number of fused-ring (bicyclic) bond motifs is 1. The minimum atomic E-state index is -1.18. The Morgan fingerprint density at radius 3 is 2.82 bits per heavy atom. The van der Waals surface area contributed by atoms with E-state index in [9.17, 15) is 19.8 Å². The molecule has 2 atom stereocenters. The third kappa shape index (κ3) is 3.98. The molecule has 0 saturated carbocycles. The Balaban J connectivity index is 1.86. The number of carbonyl (C=O) groups is 1. The number of aryl methyl sites for hydroxylation is 1. The number of nitrogens with zero attached hydrogens (tertiary/aromatic N) is 1. The number of pyridine rings is 1. The Morgan fingerprint density at radius 1 is 1.39 bits per heavy atom. The number of aromatic amines is 1. The van der Waals surface area contributed by atoms with Crippen LogP contribution in [0.3, 0.4) is 0 Å². The van der Waals surface area contributed by atoms with Crippen molar-refractivity contribution < 1.29 is 15.0 Å². The standard InChI is InChI=1S/C22H30N2O4/c1-14(2)7-9-22(21(27)28)13-24(10-8-18(22)25)12-17-11-16-6-4-5-15(3)19(16)23-20(17)26/h4-6,11,14,18,25H,7-10,12-13H2,1-3H3,(H,23,26)(H,27,28)/t18-,22+/m0/s1. The SMILES string of the molecule is Cc1cccc2cc(CN3CC[C@H](O)[C@](CCC(C)C)(C(=O)O)C3)c(=O)[nH]c12. The van der Waals surface area contributed by atoms with Crippen molar-refractivity contribution in [2.45, 2.75) is 52.7 Å². The summed E-state index contributed by atoms with van der Waals surface area (Å²) in [7, 11) is 0. The van der Waals surface area contributed by atoms with Gasteiger partial charge in [0.1, 0.15) is 5.41 Å². The molecule has 6 heteroatoms. The van der Waals surface area contributed by atoms with Crippen LogP contribution < -0.4 is 5.56 Å². The fourth-order valence-electron chi connectivity index (χ4n) is 4.20. The van der Waals surface area contributed by atoms with Gasteiger partial charge < -0.3 is 15.2 Å². The van der Waals surface area contributed by atoms with Crippen molar-refractivity contribution in [3.8, 4) is 0 Å². The summed E-state index contributed by atoms with van der Waals surface area (Å²) >= 11 is 0. The van der Waals surface area contributed by atoms with Gasteiger partial charge in [-0.05, 0) is 49.1 Å². The highest BCUT2D eigenvalue weighted by molar-refractivity contribution is 5.82. The van der Waals surface area contributed by atoms with E-state index in [1.807, 2.05) is 36.1 Å². The van der Waals surface area contributed by atoms with Crippen LogP contribution in [0.15, 0.2) is 29.1 Å². The van der Waals surface area contributed by atoms with Crippen molar-refractivity contribution in [1.29, 1.82) is 0 Å². The van der Waals surface area contributed by atoms with Gasteiger partial charge in [-0.25, -0.2) is 0 Å². The summed E-state index contributed by atoms with van der Waals surface area (Å²) in [5.41, 5.74) is 1.15. The molecule has 1 aromatic carbocycles. The lowest BCUT2D eigenvalue weighted by atomic mass is 9.72. The van der Waals surface area contributed by atoms with Gasteiger partial charge in [-0.1, -0.05) is 32.0 Å². The molecule has 0 unspecified atom stereocenters. The second-order valence-electron chi connectivity index (χ2n) is 8.57. The van der Waals surface area contributed by atoms with Crippen molar-refractivity contribution >= 4 is 16.9 Å².